The number of hydrogen-bond acceptors (Lipinski definition) is 4. The first-order valence-electron chi connectivity index (χ1n) is 10.9. The van der Waals surface area contributed by atoms with Crippen molar-refractivity contribution in [3.63, 3.8) is 0 Å². The molecular weight excluding hydrogens is 366 g/mol. The van der Waals surface area contributed by atoms with Crippen LogP contribution in [-0.2, 0) is 4.79 Å². The maximum absolute atomic E-state index is 12.3. The molecule has 0 aromatic heterocycles. The summed E-state index contributed by atoms with van der Waals surface area (Å²) in [5, 5.41) is 5.67. The standard InChI is InChI=1S/C23H37N3O3/c1-5-6-11-29-21-9-7-20(8-10-21)23(28)24-13-22(27)25-19(4)16-26-14-17(2)12-18(3)15-26/h7-10,17-19H,5-6,11-16H2,1-4H3,(H,24,28)(H,25,27)/t17-,18-,19-/m1/s1. The predicted molar refractivity (Wildman–Crippen MR) is 116 cm³/mol. The number of benzene rings is 1. The van der Waals surface area contributed by atoms with Gasteiger partial charge in [-0.05, 0) is 55.9 Å². The van der Waals surface area contributed by atoms with E-state index in [2.05, 4.69) is 36.3 Å². The first-order valence-corrected chi connectivity index (χ1v) is 10.9. The number of carbonyl (C=O) groups excluding carboxylic acids is 2. The molecule has 162 valence electrons. The van der Waals surface area contributed by atoms with Crippen molar-refractivity contribution in [2.24, 2.45) is 11.8 Å². The van der Waals surface area contributed by atoms with E-state index in [0.29, 0.717) is 24.0 Å². The average molecular weight is 404 g/mol. The Bertz CT molecular complexity index is 637. The Balaban J connectivity index is 1.70. The summed E-state index contributed by atoms with van der Waals surface area (Å²) < 4.78 is 5.60. The molecule has 0 radical (unpaired) electrons. The lowest BCUT2D eigenvalue weighted by molar-refractivity contribution is -0.120. The van der Waals surface area contributed by atoms with Crippen LogP contribution in [0.4, 0.5) is 0 Å². The zero-order valence-corrected chi connectivity index (χ0v) is 18.4. The molecule has 29 heavy (non-hydrogen) atoms. The van der Waals surface area contributed by atoms with Crippen LogP contribution in [0.5, 0.6) is 5.75 Å². The highest BCUT2D eigenvalue weighted by molar-refractivity contribution is 5.96. The van der Waals surface area contributed by atoms with Crippen LogP contribution in [0.1, 0.15) is 57.3 Å². The average Bonchev–Trinajstić information content (AvgIpc) is 2.66. The summed E-state index contributed by atoms with van der Waals surface area (Å²) in [7, 11) is 0. The molecule has 6 heteroatoms. The molecule has 1 saturated heterocycles. The number of nitrogens with zero attached hydrogens (tertiary/aromatic N) is 1. The number of amides is 2. The van der Waals surface area contributed by atoms with Crippen molar-refractivity contribution >= 4 is 11.8 Å². The second kappa shape index (κ2) is 11.8. The Hall–Kier alpha value is -2.08. The molecule has 1 aromatic rings. The first kappa shape index (κ1) is 23.2. The molecule has 1 aliphatic rings. The number of nitrogens with one attached hydrogen (secondary N) is 2. The number of rotatable bonds is 10. The number of ether oxygens (including phenoxy) is 1. The van der Waals surface area contributed by atoms with Crippen LogP contribution in [0.25, 0.3) is 0 Å². The molecule has 2 N–H and O–H groups in total. The van der Waals surface area contributed by atoms with Crippen molar-refractivity contribution in [2.45, 2.75) is 53.0 Å². The predicted octanol–water partition coefficient (Wildman–Crippen LogP) is 3.08. The third-order valence-electron chi connectivity index (χ3n) is 5.18. The first-order chi connectivity index (χ1) is 13.9. The lowest BCUT2D eigenvalue weighted by Gasteiger charge is -2.36. The van der Waals surface area contributed by atoms with E-state index in [1.807, 2.05) is 6.92 Å². The maximum atomic E-state index is 12.3. The van der Waals surface area contributed by atoms with Gasteiger partial charge in [0.05, 0.1) is 13.2 Å². The molecule has 0 bridgehead atoms. The van der Waals surface area contributed by atoms with Crippen molar-refractivity contribution in [2.75, 3.05) is 32.8 Å². The summed E-state index contributed by atoms with van der Waals surface area (Å²) in [4.78, 5) is 26.9. The lowest BCUT2D eigenvalue weighted by Crippen LogP contribution is -2.48. The van der Waals surface area contributed by atoms with Gasteiger partial charge in [0, 0.05) is 31.2 Å². The highest BCUT2D eigenvalue weighted by atomic mass is 16.5. The van der Waals surface area contributed by atoms with E-state index in [1.54, 1.807) is 24.3 Å². The molecule has 3 atom stereocenters. The molecule has 1 aliphatic heterocycles. The molecule has 6 nitrogen and oxygen atoms in total. The van der Waals surface area contributed by atoms with Crippen LogP contribution in [0.15, 0.2) is 24.3 Å². The van der Waals surface area contributed by atoms with Gasteiger partial charge >= 0.3 is 0 Å². The molecular formula is C23H37N3O3. The topological polar surface area (TPSA) is 70.7 Å². The normalized spacial score (nSPS) is 20.7. The van der Waals surface area contributed by atoms with Crippen molar-refractivity contribution in [1.82, 2.24) is 15.5 Å². The minimum Gasteiger partial charge on any atom is -0.494 e. The third kappa shape index (κ3) is 8.44. The van der Waals surface area contributed by atoms with Gasteiger partial charge in [0.2, 0.25) is 5.91 Å². The summed E-state index contributed by atoms with van der Waals surface area (Å²) in [5.41, 5.74) is 0.519. The van der Waals surface area contributed by atoms with Crippen LogP contribution in [0, 0.1) is 11.8 Å². The highest BCUT2D eigenvalue weighted by Crippen LogP contribution is 2.20. The van der Waals surface area contributed by atoms with Gasteiger partial charge in [-0.3, -0.25) is 9.59 Å². The fourth-order valence-corrected chi connectivity index (χ4v) is 4.00. The number of unbranched alkanes of at least 4 members (excludes halogenated alkanes) is 1. The monoisotopic (exact) mass is 403 g/mol. The zero-order valence-electron chi connectivity index (χ0n) is 18.4. The SMILES string of the molecule is CCCCOc1ccc(C(=O)NCC(=O)N[C@H](C)CN2C[C@H](C)C[C@@H](C)C2)cc1. The molecule has 1 heterocycles. The van der Waals surface area contributed by atoms with Crippen molar-refractivity contribution < 1.29 is 14.3 Å². The summed E-state index contributed by atoms with van der Waals surface area (Å²) in [6, 6.07) is 7.06. The number of carbonyl (C=O) groups is 2. The number of likely N-dealkylation sites (tertiary alicyclic amines) is 1. The van der Waals surface area contributed by atoms with Gasteiger partial charge in [0.15, 0.2) is 0 Å². The summed E-state index contributed by atoms with van der Waals surface area (Å²) in [5.74, 6) is 1.73. The van der Waals surface area contributed by atoms with Crippen molar-refractivity contribution in [1.29, 1.82) is 0 Å². The van der Waals surface area contributed by atoms with Gasteiger partial charge in [0.1, 0.15) is 5.75 Å². The van der Waals surface area contributed by atoms with Gasteiger partial charge < -0.3 is 20.3 Å². The van der Waals surface area contributed by atoms with Crippen LogP contribution in [-0.4, -0.2) is 55.5 Å². The van der Waals surface area contributed by atoms with Gasteiger partial charge in [-0.1, -0.05) is 27.2 Å². The molecule has 2 amide bonds. The Morgan fingerprint density at radius 2 is 1.83 bits per heavy atom. The molecule has 1 fully saturated rings. The molecule has 0 spiro atoms. The van der Waals surface area contributed by atoms with E-state index in [1.165, 1.54) is 6.42 Å². The van der Waals surface area contributed by atoms with Crippen LogP contribution >= 0.6 is 0 Å². The van der Waals surface area contributed by atoms with Gasteiger partial charge in [0.25, 0.3) is 5.91 Å². The van der Waals surface area contributed by atoms with Gasteiger partial charge in [-0.25, -0.2) is 0 Å². The highest BCUT2D eigenvalue weighted by Gasteiger charge is 2.23. The minimum absolute atomic E-state index is 0.0231. The molecule has 0 saturated carbocycles. The Morgan fingerprint density at radius 1 is 1.17 bits per heavy atom. The van der Waals surface area contributed by atoms with Crippen LogP contribution < -0.4 is 15.4 Å². The smallest absolute Gasteiger partial charge is 0.251 e. The molecule has 2 rings (SSSR count). The Kier molecular flexibility index (Phi) is 9.45. The van der Waals surface area contributed by atoms with Crippen LogP contribution in [0.2, 0.25) is 0 Å². The van der Waals surface area contributed by atoms with E-state index >= 15 is 0 Å². The number of hydrogen-bond donors (Lipinski definition) is 2. The van der Waals surface area contributed by atoms with Crippen molar-refractivity contribution in [3.8, 4) is 5.75 Å². The maximum Gasteiger partial charge on any atom is 0.251 e. The molecule has 0 aliphatic carbocycles. The van der Waals surface area contributed by atoms with Gasteiger partial charge in [-0.2, -0.15) is 0 Å². The Labute approximate surface area is 175 Å². The summed E-state index contributed by atoms with van der Waals surface area (Å²) in [6.07, 6.45) is 3.36. The van der Waals surface area contributed by atoms with E-state index < -0.39 is 0 Å². The van der Waals surface area contributed by atoms with Crippen LogP contribution in [0.3, 0.4) is 0 Å². The fourth-order valence-electron chi connectivity index (χ4n) is 4.00. The van der Waals surface area contributed by atoms with E-state index in [4.69, 9.17) is 4.74 Å². The fraction of sp³-hybridized carbons (Fsp3) is 0.652. The molecule has 0 unspecified atom stereocenters. The van der Waals surface area contributed by atoms with E-state index in [9.17, 15) is 9.59 Å². The summed E-state index contributed by atoms with van der Waals surface area (Å²) >= 11 is 0. The minimum atomic E-state index is -0.258. The van der Waals surface area contributed by atoms with E-state index in [-0.39, 0.29) is 24.4 Å². The lowest BCUT2D eigenvalue weighted by atomic mass is 9.92. The number of piperidine rings is 1. The van der Waals surface area contributed by atoms with Crippen molar-refractivity contribution in [3.05, 3.63) is 29.8 Å². The van der Waals surface area contributed by atoms with E-state index in [0.717, 1.165) is 38.2 Å². The quantitative estimate of drug-likeness (QED) is 0.589. The zero-order chi connectivity index (χ0) is 21.2. The van der Waals surface area contributed by atoms with Gasteiger partial charge in [-0.15, -0.1) is 0 Å². The largest absolute Gasteiger partial charge is 0.494 e. The summed E-state index contributed by atoms with van der Waals surface area (Å²) in [6.45, 7) is 12.4. The third-order valence-corrected chi connectivity index (χ3v) is 5.18. The second-order valence-corrected chi connectivity index (χ2v) is 8.54. The second-order valence-electron chi connectivity index (χ2n) is 8.54. The molecule has 1 aromatic carbocycles. The Morgan fingerprint density at radius 3 is 2.45 bits per heavy atom.